The monoisotopic (exact) mass is 272 g/mol. The van der Waals surface area contributed by atoms with Crippen LogP contribution in [0.4, 0.5) is 0 Å². The Labute approximate surface area is 142 Å². The first-order valence-corrected chi connectivity index (χ1v) is 7.85. The zero-order chi connectivity index (χ0) is 14.2. The fraction of sp³-hybridized carbons (Fsp3) is 0.350. The first kappa shape index (κ1) is 18.0. The first-order valence-electron chi connectivity index (χ1n) is 7.85. The topological polar surface area (TPSA) is 0 Å². The molecule has 0 aromatic heterocycles. The van der Waals surface area contributed by atoms with Crippen molar-refractivity contribution in [1.29, 1.82) is 0 Å². The van der Waals surface area contributed by atoms with Gasteiger partial charge in [-0.1, -0.05) is 75.4 Å². The molecule has 0 unspecified atom stereocenters. The third-order valence-electron chi connectivity index (χ3n) is 3.86. The van der Waals surface area contributed by atoms with E-state index in [0.717, 1.165) is 6.42 Å². The molecule has 21 heavy (non-hydrogen) atoms. The Morgan fingerprint density at radius 1 is 0.762 bits per heavy atom. The number of hydrogen-bond donors (Lipinski definition) is 0. The maximum atomic E-state index is 2.28. The van der Waals surface area contributed by atoms with Gasteiger partial charge in [0.25, 0.3) is 0 Å². The van der Waals surface area contributed by atoms with Gasteiger partial charge in [0.15, 0.2) is 0 Å². The van der Waals surface area contributed by atoms with Gasteiger partial charge in [-0.05, 0) is 6.42 Å². The predicted octanol–water partition coefficient (Wildman–Crippen LogP) is 2.80. The van der Waals surface area contributed by atoms with Crippen molar-refractivity contribution in [2.75, 3.05) is 0 Å². The van der Waals surface area contributed by atoms with E-state index in [9.17, 15) is 0 Å². The van der Waals surface area contributed by atoms with Gasteiger partial charge in [0, 0.05) is 0 Å². The van der Waals surface area contributed by atoms with Crippen molar-refractivity contribution in [3.63, 3.8) is 0 Å². The number of aryl methyl sites for hydroxylation is 1. The van der Waals surface area contributed by atoms with E-state index in [1.165, 1.54) is 48.3 Å². The molecule has 2 rings (SSSR count). The molecule has 0 aliphatic rings. The molecule has 0 amide bonds. The summed E-state index contributed by atoms with van der Waals surface area (Å²) in [7, 11) is 0. The van der Waals surface area contributed by atoms with E-state index in [1.54, 1.807) is 0 Å². The van der Waals surface area contributed by atoms with Gasteiger partial charge in [0.1, 0.15) is 0 Å². The van der Waals surface area contributed by atoms with E-state index in [0.29, 0.717) is 0 Å². The quantitative estimate of drug-likeness (QED) is 0.413. The van der Waals surface area contributed by atoms with E-state index in [1.807, 2.05) is 0 Å². The van der Waals surface area contributed by atoms with Crippen molar-refractivity contribution >= 4 is 0 Å². The number of hydrogen-bond acceptors (Lipinski definition) is 0. The van der Waals surface area contributed by atoms with Crippen molar-refractivity contribution < 1.29 is 18.9 Å². The molecule has 0 fully saturated rings. The molecule has 0 radical (unpaired) electrons. The summed E-state index contributed by atoms with van der Waals surface area (Å²) in [5.41, 5.74) is 4.16. The van der Waals surface area contributed by atoms with Gasteiger partial charge in [0.05, 0.1) is 0 Å². The fourth-order valence-electron chi connectivity index (χ4n) is 2.59. The Morgan fingerprint density at radius 2 is 1.38 bits per heavy atom. The maximum Gasteiger partial charge on any atom is 1.00 e. The number of benzene rings is 2. The first-order chi connectivity index (χ1) is 9.85. The Hall–Kier alpha value is -1.09. The molecule has 0 atom stereocenters. The molecule has 0 saturated heterocycles. The Bertz CT molecular complexity index is 487. The Balaban J connectivity index is 0.00000220. The standard InChI is InChI=1S/C20H25.Li/c1-3-5-7-12-20(18-10-8-6-9-11-18)19-15-13-17(4-2)14-16-19;/h6,8-11,13-16H,3-5,7,12H2,1-2H3;/q-1;+1. The van der Waals surface area contributed by atoms with Crippen molar-refractivity contribution in [3.05, 3.63) is 77.2 Å². The van der Waals surface area contributed by atoms with Crippen molar-refractivity contribution in [2.24, 2.45) is 0 Å². The summed E-state index contributed by atoms with van der Waals surface area (Å²) in [5, 5.41) is 0. The van der Waals surface area contributed by atoms with Gasteiger partial charge in [-0.15, -0.1) is 41.3 Å². The molecule has 0 bridgehead atoms. The smallest absolute Gasteiger partial charge is 0.120 e. The van der Waals surface area contributed by atoms with Crippen LogP contribution in [0.3, 0.4) is 0 Å². The minimum atomic E-state index is 0. The molecular formula is C20H25Li. The molecule has 106 valence electrons. The molecule has 0 aliphatic carbocycles. The summed E-state index contributed by atoms with van der Waals surface area (Å²) in [6, 6.07) is 19.9. The second kappa shape index (κ2) is 9.77. The minimum absolute atomic E-state index is 0. The van der Waals surface area contributed by atoms with E-state index < -0.39 is 0 Å². The summed E-state index contributed by atoms with van der Waals surface area (Å²) in [6.45, 7) is 4.47. The maximum absolute atomic E-state index is 2.28. The van der Waals surface area contributed by atoms with Gasteiger partial charge >= 0.3 is 18.9 Å². The van der Waals surface area contributed by atoms with E-state index in [-0.39, 0.29) is 18.9 Å². The van der Waals surface area contributed by atoms with Crippen LogP contribution < -0.4 is 18.9 Å². The molecule has 1 heteroatoms. The predicted molar refractivity (Wildman–Crippen MR) is 87.9 cm³/mol. The van der Waals surface area contributed by atoms with Crippen LogP contribution in [0.15, 0.2) is 54.6 Å². The number of rotatable bonds is 7. The second-order valence-corrected chi connectivity index (χ2v) is 5.35. The normalized spacial score (nSPS) is 10.0. The SMILES string of the molecule is CCCCC[C-](c1ccccc1)c1ccc(CC)cc1.[Li+]. The Morgan fingerprint density at radius 3 is 1.95 bits per heavy atom. The van der Waals surface area contributed by atoms with Crippen LogP contribution in [-0.2, 0) is 6.42 Å². The minimum Gasteiger partial charge on any atom is -0.120 e. The summed E-state index contributed by atoms with van der Waals surface area (Å²) in [5.74, 6) is 1.49. The zero-order valence-electron chi connectivity index (χ0n) is 13.7. The third-order valence-corrected chi connectivity index (χ3v) is 3.86. The molecule has 0 N–H and O–H groups in total. The van der Waals surface area contributed by atoms with Gasteiger partial charge in [-0.25, -0.2) is 0 Å². The number of unbranched alkanes of at least 4 members (excludes halogenated alkanes) is 2. The molecule has 2 aromatic carbocycles. The van der Waals surface area contributed by atoms with Crippen LogP contribution in [-0.4, -0.2) is 0 Å². The van der Waals surface area contributed by atoms with Crippen LogP contribution in [0.5, 0.6) is 0 Å². The van der Waals surface area contributed by atoms with Crippen molar-refractivity contribution in [3.8, 4) is 0 Å². The fourth-order valence-corrected chi connectivity index (χ4v) is 2.59. The average Bonchev–Trinajstić information content (AvgIpc) is 2.53. The van der Waals surface area contributed by atoms with E-state index in [2.05, 4.69) is 68.4 Å². The molecule has 0 aliphatic heterocycles. The van der Waals surface area contributed by atoms with Crippen LogP contribution in [0, 0.1) is 5.92 Å². The van der Waals surface area contributed by atoms with Gasteiger partial charge < -0.3 is 0 Å². The molecule has 0 heterocycles. The summed E-state index contributed by atoms with van der Waals surface area (Å²) < 4.78 is 0. The van der Waals surface area contributed by atoms with Crippen molar-refractivity contribution in [1.82, 2.24) is 0 Å². The summed E-state index contributed by atoms with van der Waals surface area (Å²) in [6.07, 6.45) is 6.14. The molecule has 0 spiro atoms. The molecule has 0 saturated carbocycles. The van der Waals surface area contributed by atoms with Gasteiger partial charge in [-0.2, -0.15) is 0 Å². The average molecular weight is 272 g/mol. The largest absolute Gasteiger partial charge is 1.00 e. The second-order valence-electron chi connectivity index (χ2n) is 5.35. The van der Waals surface area contributed by atoms with E-state index in [4.69, 9.17) is 0 Å². The zero-order valence-corrected chi connectivity index (χ0v) is 13.7. The molecule has 0 nitrogen and oxygen atoms in total. The third kappa shape index (κ3) is 5.31. The van der Waals surface area contributed by atoms with Crippen LogP contribution >= 0.6 is 0 Å². The summed E-state index contributed by atoms with van der Waals surface area (Å²) in [4.78, 5) is 0. The van der Waals surface area contributed by atoms with Crippen LogP contribution in [0.1, 0.15) is 56.2 Å². The van der Waals surface area contributed by atoms with Crippen LogP contribution in [0.25, 0.3) is 0 Å². The summed E-state index contributed by atoms with van der Waals surface area (Å²) >= 11 is 0. The Kier molecular flexibility index (Phi) is 8.36. The molecular weight excluding hydrogens is 247 g/mol. The van der Waals surface area contributed by atoms with Crippen LogP contribution in [0.2, 0.25) is 0 Å². The van der Waals surface area contributed by atoms with Gasteiger partial charge in [0.2, 0.25) is 0 Å². The van der Waals surface area contributed by atoms with Gasteiger partial charge in [-0.3, -0.25) is 0 Å². The van der Waals surface area contributed by atoms with Crippen molar-refractivity contribution in [2.45, 2.75) is 46.0 Å². The van der Waals surface area contributed by atoms with E-state index >= 15 is 0 Å². The molecule has 2 aromatic rings.